The molecule has 1 saturated heterocycles. The van der Waals surface area contributed by atoms with E-state index < -0.39 is 0 Å². The Kier molecular flexibility index (Phi) is 2.63. The van der Waals surface area contributed by atoms with Crippen LogP contribution < -0.4 is 5.32 Å². The summed E-state index contributed by atoms with van der Waals surface area (Å²) in [6.45, 7) is 0.550. The number of carbonyl (C=O) groups is 1. The van der Waals surface area contributed by atoms with E-state index in [1.807, 2.05) is 18.2 Å². The van der Waals surface area contributed by atoms with Gasteiger partial charge < -0.3 is 10.1 Å². The van der Waals surface area contributed by atoms with Crippen LogP contribution in [0.4, 0.5) is 0 Å². The van der Waals surface area contributed by atoms with Gasteiger partial charge in [0, 0.05) is 11.3 Å². The van der Waals surface area contributed by atoms with E-state index in [0.717, 1.165) is 17.0 Å². The van der Waals surface area contributed by atoms with Crippen molar-refractivity contribution in [3.8, 4) is 0 Å². The quantitative estimate of drug-likeness (QED) is 0.559. The van der Waals surface area contributed by atoms with Gasteiger partial charge in [0.05, 0.1) is 12.5 Å². The van der Waals surface area contributed by atoms with Gasteiger partial charge in [-0.05, 0) is 18.2 Å². The predicted molar refractivity (Wildman–Crippen MR) is 56.9 cm³/mol. The summed E-state index contributed by atoms with van der Waals surface area (Å²) in [6, 6.07) is 0.186. The lowest BCUT2D eigenvalue weighted by Crippen LogP contribution is -2.50. The minimum atomic E-state index is 0.105. The van der Waals surface area contributed by atoms with Gasteiger partial charge in [0.15, 0.2) is 0 Å². The monoisotopic (exact) mass is 209 g/mol. The van der Waals surface area contributed by atoms with Crippen molar-refractivity contribution in [2.45, 2.75) is 18.9 Å². The third-order valence-electron chi connectivity index (χ3n) is 2.19. The molecule has 4 heteroatoms. The first kappa shape index (κ1) is 9.40. The third-order valence-corrected chi connectivity index (χ3v) is 2.49. The number of β-lactam (4-membered cyclic amide) rings is 1. The van der Waals surface area contributed by atoms with Gasteiger partial charge in [-0.2, -0.15) is 0 Å². The summed E-state index contributed by atoms with van der Waals surface area (Å²) >= 11 is 5.00. The number of hydrogen-bond acceptors (Lipinski definition) is 3. The first-order chi connectivity index (χ1) is 6.74. The zero-order chi connectivity index (χ0) is 9.97. The van der Waals surface area contributed by atoms with Gasteiger partial charge in [-0.3, -0.25) is 4.79 Å². The highest BCUT2D eigenvalue weighted by Crippen LogP contribution is 2.12. The molecule has 0 spiro atoms. The van der Waals surface area contributed by atoms with Crippen molar-refractivity contribution in [2.75, 3.05) is 6.61 Å². The highest BCUT2D eigenvalue weighted by Gasteiger charge is 2.25. The molecule has 1 aliphatic heterocycles. The molecule has 1 N–H and O–H groups in total. The second-order valence-corrected chi connectivity index (χ2v) is 3.91. The maximum absolute atomic E-state index is 10.6. The smallest absolute Gasteiger partial charge is 0.222 e. The maximum Gasteiger partial charge on any atom is 0.222 e. The average Bonchev–Trinajstić information content (AvgIpc) is 2.13. The Morgan fingerprint density at radius 2 is 2.36 bits per heavy atom. The molecule has 3 nitrogen and oxygen atoms in total. The van der Waals surface area contributed by atoms with Gasteiger partial charge in [-0.1, -0.05) is 12.2 Å². The first-order valence-corrected chi connectivity index (χ1v) is 4.98. The van der Waals surface area contributed by atoms with Crippen molar-refractivity contribution in [2.24, 2.45) is 0 Å². The summed E-state index contributed by atoms with van der Waals surface area (Å²) in [7, 11) is 0. The average molecular weight is 209 g/mol. The van der Waals surface area contributed by atoms with Crippen LogP contribution >= 0.6 is 12.2 Å². The molecule has 0 aromatic heterocycles. The van der Waals surface area contributed by atoms with E-state index in [-0.39, 0.29) is 11.9 Å². The largest absolute Gasteiger partial charge is 0.492 e. The number of amides is 1. The molecule has 0 saturated carbocycles. The fourth-order valence-corrected chi connectivity index (χ4v) is 1.50. The third kappa shape index (κ3) is 2.20. The van der Waals surface area contributed by atoms with Crippen molar-refractivity contribution in [3.63, 3.8) is 0 Å². The van der Waals surface area contributed by atoms with Crippen molar-refractivity contribution in [1.29, 1.82) is 0 Å². The van der Waals surface area contributed by atoms with Gasteiger partial charge in [-0.15, -0.1) is 0 Å². The lowest BCUT2D eigenvalue weighted by Gasteiger charge is -2.27. The number of thiocarbonyl (C=S) groups is 1. The Hall–Kier alpha value is -1.16. The van der Waals surface area contributed by atoms with Crippen LogP contribution in [0.15, 0.2) is 24.0 Å². The standard InChI is InChI=1S/C10H11NO2S/c12-10-5-7(11-10)6-13-8-1-3-9(14)4-2-8/h1-3,7H,4-6H2,(H,11,12)/t7-/m0/s1. The molecule has 74 valence electrons. The van der Waals surface area contributed by atoms with Crippen molar-refractivity contribution in [1.82, 2.24) is 5.32 Å². The summed E-state index contributed by atoms with van der Waals surface area (Å²) < 4.78 is 5.48. The molecule has 2 aliphatic rings. The molecule has 1 amide bonds. The number of ether oxygens (including phenoxy) is 1. The lowest BCUT2D eigenvalue weighted by molar-refractivity contribution is -0.129. The fraction of sp³-hybridized carbons (Fsp3) is 0.400. The van der Waals surface area contributed by atoms with E-state index in [2.05, 4.69) is 5.32 Å². The second-order valence-electron chi connectivity index (χ2n) is 3.39. The van der Waals surface area contributed by atoms with Crippen molar-refractivity contribution in [3.05, 3.63) is 24.0 Å². The van der Waals surface area contributed by atoms with E-state index in [1.54, 1.807) is 0 Å². The molecule has 0 aromatic carbocycles. The van der Waals surface area contributed by atoms with Gasteiger partial charge in [0.1, 0.15) is 12.4 Å². The minimum absolute atomic E-state index is 0.105. The molecule has 1 atom stereocenters. The summed E-state index contributed by atoms with van der Waals surface area (Å²) in [6.07, 6.45) is 7.06. The molecular formula is C10H11NO2S. The highest BCUT2D eigenvalue weighted by molar-refractivity contribution is 7.80. The van der Waals surface area contributed by atoms with Crippen LogP contribution in [0.5, 0.6) is 0 Å². The van der Waals surface area contributed by atoms with E-state index in [1.165, 1.54) is 0 Å². The fourth-order valence-electron chi connectivity index (χ4n) is 1.35. The minimum Gasteiger partial charge on any atom is -0.492 e. The second kappa shape index (κ2) is 3.92. The zero-order valence-corrected chi connectivity index (χ0v) is 8.47. The van der Waals surface area contributed by atoms with Crippen LogP contribution in [0.2, 0.25) is 0 Å². The first-order valence-electron chi connectivity index (χ1n) is 4.57. The van der Waals surface area contributed by atoms with Crippen LogP contribution in [0.1, 0.15) is 12.8 Å². The van der Waals surface area contributed by atoms with Crippen molar-refractivity contribution >= 4 is 23.0 Å². The lowest BCUT2D eigenvalue weighted by atomic mass is 10.1. The van der Waals surface area contributed by atoms with E-state index >= 15 is 0 Å². The number of carbonyl (C=O) groups excluding carboxylic acids is 1. The Bertz CT molecular complexity index is 325. The SMILES string of the molecule is O=C1C[C@@H](COC2=CCC(=S)C=C2)N1. The molecule has 2 rings (SSSR count). The van der Waals surface area contributed by atoms with E-state index in [0.29, 0.717) is 13.0 Å². The molecule has 0 aromatic rings. The Labute approximate surface area is 87.8 Å². The van der Waals surface area contributed by atoms with Gasteiger partial charge in [-0.25, -0.2) is 0 Å². The number of rotatable bonds is 3. The van der Waals surface area contributed by atoms with Crippen LogP contribution in [0.25, 0.3) is 0 Å². The topological polar surface area (TPSA) is 38.3 Å². The molecule has 0 unspecified atom stereocenters. The maximum atomic E-state index is 10.6. The van der Waals surface area contributed by atoms with Crippen LogP contribution in [-0.4, -0.2) is 23.4 Å². The normalized spacial score (nSPS) is 25.1. The van der Waals surface area contributed by atoms with Gasteiger partial charge in [0.2, 0.25) is 5.91 Å². The highest BCUT2D eigenvalue weighted by atomic mass is 32.1. The molecule has 0 bridgehead atoms. The van der Waals surface area contributed by atoms with Gasteiger partial charge >= 0.3 is 0 Å². The van der Waals surface area contributed by atoms with Gasteiger partial charge in [0.25, 0.3) is 0 Å². The summed E-state index contributed by atoms with van der Waals surface area (Å²) in [5.74, 6) is 0.952. The number of nitrogens with one attached hydrogen (secondary N) is 1. The molecule has 1 heterocycles. The Morgan fingerprint density at radius 1 is 1.57 bits per heavy atom. The molecular weight excluding hydrogens is 198 g/mol. The molecule has 14 heavy (non-hydrogen) atoms. The number of hydrogen-bond donors (Lipinski definition) is 1. The molecule has 1 aliphatic carbocycles. The van der Waals surface area contributed by atoms with Crippen LogP contribution in [-0.2, 0) is 9.53 Å². The molecule has 0 radical (unpaired) electrons. The van der Waals surface area contributed by atoms with Crippen LogP contribution in [0.3, 0.4) is 0 Å². The summed E-state index contributed by atoms with van der Waals surface area (Å²) in [5.41, 5.74) is 0. The zero-order valence-electron chi connectivity index (χ0n) is 7.66. The Balaban J connectivity index is 1.74. The summed E-state index contributed by atoms with van der Waals surface area (Å²) in [4.78, 5) is 11.5. The molecule has 1 fully saturated rings. The number of allylic oxidation sites excluding steroid dienone is 3. The van der Waals surface area contributed by atoms with Crippen LogP contribution in [0, 0.1) is 0 Å². The predicted octanol–water partition coefficient (Wildman–Crippen LogP) is 1.11. The van der Waals surface area contributed by atoms with E-state index in [4.69, 9.17) is 17.0 Å². The van der Waals surface area contributed by atoms with Crippen molar-refractivity contribution < 1.29 is 9.53 Å². The van der Waals surface area contributed by atoms with E-state index in [9.17, 15) is 4.79 Å². The summed E-state index contributed by atoms with van der Waals surface area (Å²) in [5, 5.41) is 2.75. The Morgan fingerprint density at radius 3 is 2.93 bits per heavy atom.